The number of allylic oxidation sites excluding steroid dienone is 8. The van der Waals surface area contributed by atoms with Crippen LogP contribution in [0, 0.1) is 0 Å². The summed E-state index contributed by atoms with van der Waals surface area (Å²) >= 11 is 0. The number of likely N-dealkylation sites (N-methyl/N-ethyl adjacent to an activating group) is 1. The summed E-state index contributed by atoms with van der Waals surface area (Å²) in [5.41, 5.74) is 0. The van der Waals surface area contributed by atoms with Crippen molar-refractivity contribution in [1.82, 2.24) is 0 Å². The van der Waals surface area contributed by atoms with E-state index in [1.54, 1.807) is 0 Å². The third-order valence-electron chi connectivity index (χ3n) is 9.83. The van der Waals surface area contributed by atoms with Crippen molar-refractivity contribution in [3.05, 3.63) is 48.6 Å². The molecule has 0 aromatic rings. The van der Waals surface area contributed by atoms with Crippen LogP contribution in [0.25, 0.3) is 0 Å². The van der Waals surface area contributed by atoms with Crippen molar-refractivity contribution in [2.75, 3.05) is 47.5 Å². The van der Waals surface area contributed by atoms with E-state index in [0.717, 1.165) is 51.4 Å². The van der Waals surface area contributed by atoms with Crippen LogP contribution in [0.4, 0.5) is 0 Å². The first kappa shape index (κ1) is 56.0. The van der Waals surface area contributed by atoms with Gasteiger partial charge < -0.3 is 18.9 Å². The highest BCUT2D eigenvalue weighted by molar-refractivity contribution is 7.47. The van der Waals surface area contributed by atoms with Crippen LogP contribution >= 0.6 is 7.82 Å². The van der Waals surface area contributed by atoms with Gasteiger partial charge in [0.15, 0.2) is 6.10 Å². The SMILES string of the molecule is CCCCCCCC/C=C/C/C=C/C/C=C/CCCC(=O)OC[C@H](COP(=O)(O)OCC[N+](C)(C)C)OC(=O)CCCCCCCCC/C=C/CCCCCCCC. The van der Waals surface area contributed by atoms with Gasteiger partial charge >= 0.3 is 19.8 Å². The van der Waals surface area contributed by atoms with E-state index in [2.05, 4.69) is 62.5 Å². The minimum absolute atomic E-state index is 0.0223. The van der Waals surface area contributed by atoms with Crippen LogP contribution in [-0.2, 0) is 32.7 Å². The first-order chi connectivity index (χ1) is 28.0. The Morgan fingerprint density at radius 3 is 1.45 bits per heavy atom. The molecule has 0 saturated heterocycles. The number of phosphoric acid groups is 1. The zero-order chi connectivity index (χ0) is 42.8. The molecular formula is C48H89NO8P+. The topological polar surface area (TPSA) is 108 Å². The molecule has 0 amide bonds. The number of rotatable bonds is 42. The lowest BCUT2D eigenvalue weighted by atomic mass is 10.1. The third kappa shape index (κ3) is 43.5. The van der Waals surface area contributed by atoms with E-state index in [0.29, 0.717) is 23.9 Å². The summed E-state index contributed by atoms with van der Waals surface area (Å²) in [5, 5.41) is 0. The van der Waals surface area contributed by atoms with Crippen LogP contribution in [-0.4, -0.2) is 74.9 Å². The summed E-state index contributed by atoms with van der Waals surface area (Å²) in [4.78, 5) is 35.4. The fourth-order valence-corrected chi connectivity index (χ4v) is 6.88. The molecule has 0 heterocycles. The molecule has 0 bridgehead atoms. The standard InChI is InChI=1S/C48H88NO8P/c1-6-8-10-12-14-16-18-20-22-24-26-28-30-32-34-36-38-40-47(50)54-44-46(45-56-58(52,53)55-43-42-49(3,4)5)57-48(51)41-39-37-35-33-31-29-27-25-23-21-19-17-15-13-11-9-7-2/h20-23,26,28,32,34,46H,6-19,24-25,27,29-31,33,35-45H2,1-5H3/p+1/b22-20+,23-21+,28-26+,34-32+/t46-/m1/s1. The molecule has 0 fully saturated rings. The molecule has 1 N–H and O–H groups in total. The predicted octanol–water partition coefficient (Wildman–Crippen LogP) is 13.5. The van der Waals surface area contributed by atoms with E-state index >= 15 is 0 Å². The van der Waals surface area contributed by atoms with Gasteiger partial charge in [-0.05, 0) is 70.6 Å². The minimum atomic E-state index is -4.39. The van der Waals surface area contributed by atoms with Crippen molar-refractivity contribution in [2.45, 2.75) is 200 Å². The fourth-order valence-electron chi connectivity index (χ4n) is 6.14. The highest BCUT2D eigenvalue weighted by atomic mass is 31.2. The molecule has 0 saturated carbocycles. The molecular weight excluding hydrogens is 750 g/mol. The quantitative estimate of drug-likeness (QED) is 0.0213. The second-order valence-electron chi connectivity index (χ2n) is 16.8. The van der Waals surface area contributed by atoms with Crippen LogP contribution in [0.2, 0.25) is 0 Å². The maximum atomic E-state index is 12.7. The number of hydrogen-bond donors (Lipinski definition) is 1. The molecule has 1 unspecified atom stereocenters. The lowest BCUT2D eigenvalue weighted by molar-refractivity contribution is -0.870. The Morgan fingerprint density at radius 1 is 0.534 bits per heavy atom. The van der Waals surface area contributed by atoms with Crippen LogP contribution < -0.4 is 0 Å². The molecule has 0 aliphatic carbocycles. The van der Waals surface area contributed by atoms with Crippen LogP contribution in [0.1, 0.15) is 194 Å². The van der Waals surface area contributed by atoms with Gasteiger partial charge in [-0.15, -0.1) is 0 Å². The van der Waals surface area contributed by atoms with E-state index in [-0.39, 0.29) is 26.1 Å². The van der Waals surface area contributed by atoms with Crippen molar-refractivity contribution in [3.63, 3.8) is 0 Å². The number of esters is 2. The van der Waals surface area contributed by atoms with Crippen molar-refractivity contribution < 1.29 is 42.1 Å². The number of quaternary nitrogens is 1. The number of hydrogen-bond acceptors (Lipinski definition) is 7. The van der Waals surface area contributed by atoms with E-state index in [1.165, 1.54) is 103 Å². The molecule has 0 aromatic carbocycles. The van der Waals surface area contributed by atoms with E-state index in [9.17, 15) is 19.0 Å². The molecule has 0 rings (SSSR count). The van der Waals surface area contributed by atoms with Gasteiger partial charge in [-0.1, -0.05) is 159 Å². The van der Waals surface area contributed by atoms with Gasteiger partial charge in [0.2, 0.25) is 0 Å². The minimum Gasteiger partial charge on any atom is -0.462 e. The molecule has 10 heteroatoms. The molecule has 0 aliphatic heterocycles. The molecule has 0 spiro atoms. The van der Waals surface area contributed by atoms with Crippen molar-refractivity contribution in [1.29, 1.82) is 0 Å². The normalized spacial score (nSPS) is 14.0. The van der Waals surface area contributed by atoms with Crippen LogP contribution in [0.5, 0.6) is 0 Å². The van der Waals surface area contributed by atoms with E-state index < -0.39 is 32.5 Å². The highest BCUT2D eigenvalue weighted by Crippen LogP contribution is 2.43. The Bertz CT molecular complexity index is 1130. The summed E-state index contributed by atoms with van der Waals surface area (Å²) < 4.78 is 34.3. The highest BCUT2D eigenvalue weighted by Gasteiger charge is 2.27. The molecule has 9 nitrogen and oxygen atoms in total. The van der Waals surface area contributed by atoms with Gasteiger partial charge in [-0.2, -0.15) is 0 Å². The molecule has 0 aromatic heterocycles. The number of nitrogens with zero attached hydrogens (tertiary/aromatic N) is 1. The molecule has 0 radical (unpaired) electrons. The average molecular weight is 839 g/mol. The summed E-state index contributed by atoms with van der Waals surface area (Å²) in [7, 11) is 1.45. The monoisotopic (exact) mass is 839 g/mol. The summed E-state index contributed by atoms with van der Waals surface area (Å²) in [5.74, 6) is -0.864. The number of phosphoric ester groups is 1. The molecule has 338 valence electrons. The Morgan fingerprint density at radius 2 is 0.948 bits per heavy atom. The zero-order valence-corrected chi connectivity index (χ0v) is 38.9. The first-order valence-electron chi connectivity index (χ1n) is 23.4. The largest absolute Gasteiger partial charge is 0.472 e. The van der Waals surface area contributed by atoms with Crippen molar-refractivity contribution in [3.8, 4) is 0 Å². The summed E-state index contributed by atoms with van der Waals surface area (Å²) in [6.07, 6.45) is 47.4. The van der Waals surface area contributed by atoms with Crippen molar-refractivity contribution in [2.24, 2.45) is 0 Å². The summed E-state index contributed by atoms with van der Waals surface area (Å²) in [6, 6.07) is 0. The Kier molecular flexibility index (Phi) is 39.0. The van der Waals surface area contributed by atoms with Gasteiger partial charge in [0.05, 0.1) is 27.7 Å². The van der Waals surface area contributed by atoms with E-state index in [1.807, 2.05) is 21.1 Å². The maximum Gasteiger partial charge on any atom is 0.472 e. The lowest BCUT2D eigenvalue weighted by Crippen LogP contribution is -2.37. The second kappa shape index (κ2) is 40.4. The average Bonchev–Trinajstić information content (AvgIpc) is 3.17. The van der Waals surface area contributed by atoms with Gasteiger partial charge in [0.1, 0.15) is 19.8 Å². The van der Waals surface area contributed by atoms with Gasteiger partial charge in [0, 0.05) is 12.8 Å². The first-order valence-corrected chi connectivity index (χ1v) is 24.9. The predicted molar refractivity (Wildman–Crippen MR) is 243 cm³/mol. The third-order valence-corrected chi connectivity index (χ3v) is 10.8. The number of carbonyl (C=O) groups excluding carboxylic acids is 2. The molecule has 0 aliphatic rings. The Labute approximate surface area is 356 Å². The number of carbonyl (C=O) groups is 2. The lowest BCUT2D eigenvalue weighted by Gasteiger charge is -2.24. The van der Waals surface area contributed by atoms with Crippen molar-refractivity contribution >= 4 is 19.8 Å². The van der Waals surface area contributed by atoms with Crippen LogP contribution in [0.15, 0.2) is 48.6 Å². The van der Waals surface area contributed by atoms with Gasteiger partial charge in [-0.25, -0.2) is 4.57 Å². The summed E-state index contributed by atoms with van der Waals surface area (Å²) in [6.45, 7) is 4.35. The van der Waals surface area contributed by atoms with Gasteiger partial charge in [-0.3, -0.25) is 18.6 Å². The number of ether oxygens (including phenoxy) is 2. The Hall–Kier alpha value is -2.03. The smallest absolute Gasteiger partial charge is 0.462 e. The second-order valence-corrected chi connectivity index (χ2v) is 18.2. The zero-order valence-electron chi connectivity index (χ0n) is 38.0. The van der Waals surface area contributed by atoms with E-state index in [4.69, 9.17) is 18.5 Å². The maximum absolute atomic E-state index is 12.7. The fraction of sp³-hybridized carbons (Fsp3) is 0.792. The Balaban J connectivity index is 4.41. The molecule has 58 heavy (non-hydrogen) atoms. The van der Waals surface area contributed by atoms with Crippen LogP contribution in [0.3, 0.4) is 0 Å². The molecule has 2 atom stereocenters. The van der Waals surface area contributed by atoms with Gasteiger partial charge in [0.25, 0.3) is 0 Å². The number of unbranched alkanes of at least 4 members (excludes halogenated alkanes) is 20.